The highest BCUT2D eigenvalue weighted by molar-refractivity contribution is 5.98. The molecule has 226 valence electrons. The lowest BCUT2D eigenvalue weighted by atomic mass is 10.0. The SMILES string of the molecule is COc1cc2nccc(Oc3ccc(CC(=O)c4cn(CCC(C)C)cc(-c5ccc(F)cc5F)c4=O)nc3)c2cc1OC. The van der Waals surface area contributed by atoms with Gasteiger partial charge >= 0.3 is 0 Å². The molecule has 2 aromatic carbocycles. The molecule has 44 heavy (non-hydrogen) atoms. The zero-order valence-electron chi connectivity index (χ0n) is 24.8. The van der Waals surface area contributed by atoms with Crippen LogP contribution in [0.15, 0.2) is 78.1 Å². The molecule has 0 radical (unpaired) electrons. The summed E-state index contributed by atoms with van der Waals surface area (Å²) in [6.07, 6.45) is 6.72. The summed E-state index contributed by atoms with van der Waals surface area (Å²) >= 11 is 0. The van der Waals surface area contributed by atoms with Crippen molar-refractivity contribution >= 4 is 16.7 Å². The zero-order valence-corrected chi connectivity index (χ0v) is 24.8. The maximum atomic E-state index is 14.7. The lowest BCUT2D eigenvalue weighted by Gasteiger charge is -2.14. The maximum Gasteiger partial charge on any atom is 0.200 e. The fraction of sp³-hybridized carbons (Fsp3) is 0.235. The van der Waals surface area contributed by atoms with Gasteiger partial charge in [-0.05, 0) is 48.7 Å². The smallest absolute Gasteiger partial charge is 0.200 e. The summed E-state index contributed by atoms with van der Waals surface area (Å²) < 4.78 is 46.8. The molecule has 5 aromatic rings. The highest BCUT2D eigenvalue weighted by Crippen LogP contribution is 2.36. The molecule has 0 saturated carbocycles. The number of fused-ring (bicyclic) bond motifs is 1. The first-order valence-electron chi connectivity index (χ1n) is 14.0. The molecule has 0 bridgehead atoms. The van der Waals surface area contributed by atoms with Crippen LogP contribution in [0.2, 0.25) is 0 Å². The van der Waals surface area contributed by atoms with Crippen molar-refractivity contribution in [3.05, 3.63) is 106 Å². The third-order valence-electron chi connectivity index (χ3n) is 7.14. The molecule has 0 unspecified atom stereocenters. The molecule has 10 heteroatoms. The van der Waals surface area contributed by atoms with Crippen molar-refractivity contribution in [3.63, 3.8) is 0 Å². The lowest BCUT2D eigenvalue weighted by molar-refractivity contribution is 0.0990. The molecular weight excluding hydrogens is 568 g/mol. The van der Waals surface area contributed by atoms with E-state index in [1.165, 1.54) is 24.7 Å². The van der Waals surface area contributed by atoms with E-state index in [9.17, 15) is 18.4 Å². The van der Waals surface area contributed by atoms with Gasteiger partial charge in [0.1, 0.15) is 23.1 Å². The van der Waals surface area contributed by atoms with Gasteiger partial charge in [-0.1, -0.05) is 13.8 Å². The Hall–Kier alpha value is -5.12. The number of aromatic nitrogens is 3. The Bertz CT molecular complexity index is 1890. The molecule has 0 aliphatic rings. The van der Waals surface area contributed by atoms with Gasteiger partial charge in [-0.2, -0.15) is 0 Å². The van der Waals surface area contributed by atoms with Crippen LogP contribution in [-0.4, -0.2) is 34.5 Å². The fourth-order valence-electron chi connectivity index (χ4n) is 4.77. The maximum absolute atomic E-state index is 14.7. The van der Waals surface area contributed by atoms with Crippen LogP contribution < -0.4 is 19.6 Å². The van der Waals surface area contributed by atoms with Gasteiger partial charge in [-0.15, -0.1) is 0 Å². The Kier molecular flexibility index (Phi) is 8.99. The first-order chi connectivity index (χ1) is 21.2. The number of carbonyl (C=O) groups is 1. The first-order valence-corrected chi connectivity index (χ1v) is 14.0. The monoisotopic (exact) mass is 599 g/mol. The average Bonchev–Trinajstić information content (AvgIpc) is 3.01. The number of ether oxygens (including phenoxy) is 3. The van der Waals surface area contributed by atoms with E-state index in [4.69, 9.17) is 14.2 Å². The van der Waals surface area contributed by atoms with Crippen LogP contribution in [-0.2, 0) is 13.0 Å². The van der Waals surface area contributed by atoms with Crippen LogP contribution in [0.25, 0.3) is 22.0 Å². The van der Waals surface area contributed by atoms with Crippen molar-refractivity contribution in [3.8, 4) is 34.1 Å². The number of ketones is 1. The second-order valence-electron chi connectivity index (χ2n) is 10.7. The van der Waals surface area contributed by atoms with Gasteiger partial charge in [0.2, 0.25) is 0 Å². The predicted molar refractivity (Wildman–Crippen MR) is 163 cm³/mol. The van der Waals surface area contributed by atoms with Crippen LogP contribution in [0.1, 0.15) is 36.3 Å². The summed E-state index contributed by atoms with van der Waals surface area (Å²) in [5.41, 5.74) is 0.274. The standard InChI is InChI=1S/C34H31F2N3O5/c1-20(2)10-12-39-18-26(24-8-5-21(35)13-28(24)36)34(41)27(19-39)30(40)14-22-6-7-23(17-38-22)44-31-9-11-37-29-16-33(43-4)32(42-3)15-25(29)31/h5-9,11,13,15-20H,10,12,14H2,1-4H3. The van der Waals surface area contributed by atoms with Gasteiger partial charge in [0.15, 0.2) is 22.7 Å². The third-order valence-corrected chi connectivity index (χ3v) is 7.14. The van der Waals surface area contributed by atoms with Crippen LogP contribution in [0, 0.1) is 17.6 Å². The van der Waals surface area contributed by atoms with E-state index >= 15 is 0 Å². The number of carbonyl (C=O) groups excluding carboxylic acids is 1. The summed E-state index contributed by atoms with van der Waals surface area (Å²) in [6, 6.07) is 11.6. The van der Waals surface area contributed by atoms with E-state index in [1.54, 1.807) is 55.3 Å². The minimum Gasteiger partial charge on any atom is -0.493 e. The van der Waals surface area contributed by atoms with Gasteiger partial charge in [0, 0.05) is 59.5 Å². The van der Waals surface area contributed by atoms with Crippen molar-refractivity contribution in [2.45, 2.75) is 33.2 Å². The molecule has 0 amide bonds. The molecule has 3 aromatic heterocycles. The first kappa shape index (κ1) is 30.3. The molecule has 3 heterocycles. The normalized spacial score (nSPS) is 11.2. The molecule has 0 aliphatic carbocycles. The van der Waals surface area contributed by atoms with Gasteiger partial charge in [0.05, 0.1) is 37.9 Å². The molecule has 0 saturated heterocycles. The number of hydrogen-bond acceptors (Lipinski definition) is 7. The van der Waals surface area contributed by atoms with E-state index in [0.29, 0.717) is 52.1 Å². The van der Waals surface area contributed by atoms with Crippen molar-refractivity contribution in [2.24, 2.45) is 5.92 Å². The van der Waals surface area contributed by atoms with Crippen molar-refractivity contribution in [1.82, 2.24) is 14.5 Å². The Morgan fingerprint density at radius 2 is 1.68 bits per heavy atom. The summed E-state index contributed by atoms with van der Waals surface area (Å²) in [6.45, 7) is 4.62. The van der Waals surface area contributed by atoms with Gasteiger partial charge < -0.3 is 18.8 Å². The number of aryl methyl sites for hydroxylation is 1. The Labute approximate surface area is 252 Å². The van der Waals surface area contributed by atoms with Gasteiger partial charge in [-0.3, -0.25) is 19.6 Å². The summed E-state index contributed by atoms with van der Waals surface area (Å²) in [5.74, 6) is 0.272. The molecule has 0 N–H and O–H groups in total. The second kappa shape index (κ2) is 13.0. The number of halogens is 2. The zero-order chi connectivity index (χ0) is 31.4. The van der Waals surface area contributed by atoms with E-state index in [2.05, 4.69) is 23.8 Å². The van der Waals surface area contributed by atoms with E-state index < -0.39 is 22.8 Å². The number of hydrogen-bond donors (Lipinski definition) is 0. The van der Waals surface area contributed by atoms with Crippen molar-refractivity contribution in [2.75, 3.05) is 14.2 Å². The van der Waals surface area contributed by atoms with Crippen LogP contribution in [0.4, 0.5) is 8.78 Å². The Morgan fingerprint density at radius 3 is 2.36 bits per heavy atom. The number of methoxy groups -OCH3 is 2. The summed E-state index contributed by atoms with van der Waals surface area (Å²) in [4.78, 5) is 35.6. The lowest BCUT2D eigenvalue weighted by Crippen LogP contribution is -2.22. The molecule has 0 atom stereocenters. The fourth-order valence-corrected chi connectivity index (χ4v) is 4.77. The van der Waals surface area contributed by atoms with Gasteiger partial charge in [0.25, 0.3) is 0 Å². The Balaban J connectivity index is 1.40. The van der Waals surface area contributed by atoms with Crippen molar-refractivity contribution < 1.29 is 27.8 Å². The highest BCUT2D eigenvalue weighted by atomic mass is 19.1. The second-order valence-corrected chi connectivity index (χ2v) is 10.7. The molecule has 8 nitrogen and oxygen atoms in total. The van der Waals surface area contributed by atoms with E-state index in [1.807, 2.05) is 0 Å². The van der Waals surface area contributed by atoms with E-state index in [-0.39, 0.29) is 23.1 Å². The molecule has 5 rings (SSSR count). The number of pyridine rings is 3. The molecule has 0 aliphatic heterocycles. The summed E-state index contributed by atoms with van der Waals surface area (Å²) in [5, 5.41) is 0.704. The number of Topliss-reactive ketones (excluding diaryl/α,β-unsaturated/α-hetero) is 1. The molecule has 0 spiro atoms. The van der Waals surface area contributed by atoms with Gasteiger partial charge in [-0.25, -0.2) is 8.78 Å². The average molecular weight is 600 g/mol. The minimum absolute atomic E-state index is 0.00681. The molecule has 0 fully saturated rings. The highest BCUT2D eigenvalue weighted by Gasteiger charge is 2.20. The predicted octanol–water partition coefficient (Wildman–Crippen LogP) is 7.02. The minimum atomic E-state index is -0.876. The number of benzene rings is 2. The Morgan fingerprint density at radius 1 is 0.909 bits per heavy atom. The number of rotatable bonds is 11. The van der Waals surface area contributed by atoms with Crippen LogP contribution >= 0.6 is 0 Å². The van der Waals surface area contributed by atoms with E-state index in [0.717, 1.165) is 18.6 Å². The third kappa shape index (κ3) is 6.59. The summed E-state index contributed by atoms with van der Waals surface area (Å²) in [7, 11) is 3.09. The quantitative estimate of drug-likeness (QED) is 0.151. The topological polar surface area (TPSA) is 92.5 Å². The van der Waals surface area contributed by atoms with Crippen LogP contribution in [0.5, 0.6) is 23.0 Å². The number of nitrogens with zero attached hydrogens (tertiary/aromatic N) is 3. The van der Waals surface area contributed by atoms with Crippen LogP contribution in [0.3, 0.4) is 0 Å². The largest absolute Gasteiger partial charge is 0.493 e. The molecular formula is C34H31F2N3O5. The van der Waals surface area contributed by atoms with Crippen molar-refractivity contribution in [1.29, 1.82) is 0 Å².